The topological polar surface area (TPSA) is 66.5 Å². The van der Waals surface area contributed by atoms with Gasteiger partial charge in [-0.3, -0.25) is 0 Å². The second kappa shape index (κ2) is 2.86. The summed E-state index contributed by atoms with van der Waals surface area (Å²) in [6.45, 7) is 0. The molecule has 1 aromatic rings. The first-order chi connectivity index (χ1) is 4.74. The molecule has 1 atom stereocenters. The van der Waals surface area contributed by atoms with Crippen molar-refractivity contribution in [2.45, 2.75) is 0 Å². The smallest absolute Gasteiger partial charge is 0.117 e. The van der Waals surface area contributed by atoms with E-state index in [0.29, 0.717) is 11.0 Å². The summed E-state index contributed by atoms with van der Waals surface area (Å²) in [7, 11) is -0.311. The van der Waals surface area contributed by atoms with E-state index < -0.39 is 0 Å². The van der Waals surface area contributed by atoms with E-state index in [1.54, 1.807) is 6.07 Å². The molecule has 0 aliphatic rings. The SMILES string of the molecule is Nc1cc(O)ccc1PO. The van der Waals surface area contributed by atoms with Crippen LogP contribution in [0.25, 0.3) is 0 Å². The maximum absolute atomic E-state index is 8.87. The molecule has 0 aliphatic heterocycles. The molecular formula is C6H8NO2P. The molecule has 0 heterocycles. The van der Waals surface area contributed by atoms with Crippen molar-refractivity contribution in [1.29, 1.82) is 0 Å². The van der Waals surface area contributed by atoms with E-state index in [-0.39, 0.29) is 14.6 Å². The number of hydrogen-bond acceptors (Lipinski definition) is 3. The molecule has 3 nitrogen and oxygen atoms in total. The first kappa shape index (κ1) is 7.32. The molecule has 4 N–H and O–H groups in total. The second-order valence-corrected chi connectivity index (χ2v) is 2.65. The third-order valence-corrected chi connectivity index (χ3v) is 1.85. The molecule has 0 spiro atoms. The van der Waals surface area contributed by atoms with E-state index in [4.69, 9.17) is 15.7 Å². The fourth-order valence-corrected chi connectivity index (χ4v) is 1.01. The maximum Gasteiger partial charge on any atom is 0.117 e. The quantitative estimate of drug-likeness (QED) is 0.402. The van der Waals surface area contributed by atoms with Crippen LogP contribution in [0, 0.1) is 0 Å². The second-order valence-electron chi connectivity index (χ2n) is 1.88. The molecule has 1 aromatic carbocycles. The Balaban J connectivity index is 3.07. The van der Waals surface area contributed by atoms with Crippen molar-refractivity contribution in [2.75, 3.05) is 5.73 Å². The summed E-state index contributed by atoms with van der Waals surface area (Å²) < 4.78 is 0. The van der Waals surface area contributed by atoms with Gasteiger partial charge in [0.05, 0.1) is 0 Å². The standard InChI is InChI=1S/C6H8NO2P/c7-5-3-4(8)1-2-6(5)10-9/h1-3,8-10H,7H2. The fourth-order valence-electron chi connectivity index (χ4n) is 0.652. The van der Waals surface area contributed by atoms with Crippen LogP contribution in [0.4, 0.5) is 5.69 Å². The van der Waals surface area contributed by atoms with Crippen LogP contribution in [0.3, 0.4) is 0 Å². The van der Waals surface area contributed by atoms with Crippen LogP contribution in [0.15, 0.2) is 18.2 Å². The number of phenols is 1. The Morgan fingerprint density at radius 2 is 2.10 bits per heavy atom. The van der Waals surface area contributed by atoms with Crippen LogP contribution < -0.4 is 11.0 Å². The van der Waals surface area contributed by atoms with Crippen LogP contribution in [0.5, 0.6) is 5.75 Å². The van der Waals surface area contributed by atoms with Gasteiger partial charge in [-0.15, -0.1) is 0 Å². The lowest BCUT2D eigenvalue weighted by atomic mass is 10.3. The van der Waals surface area contributed by atoms with Gasteiger partial charge in [-0.2, -0.15) is 0 Å². The van der Waals surface area contributed by atoms with E-state index in [9.17, 15) is 0 Å². The Morgan fingerprint density at radius 1 is 1.40 bits per heavy atom. The molecule has 0 aromatic heterocycles. The van der Waals surface area contributed by atoms with Crippen LogP contribution in [-0.2, 0) is 0 Å². The van der Waals surface area contributed by atoms with Gasteiger partial charge in [0.1, 0.15) is 5.75 Å². The van der Waals surface area contributed by atoms with E-state index in [0.717, 1.165) is 0 Å². The molecule has 0 radical (unpaired) electrons. The highest BCUT2D eigenvalue weighted by Gasteiger charge is 1.96. The van der Waals surface area contributed by atoms with Crippen LogP contribution >= 0.6 is 8.81 Å². The molecule has 0 amide bonds. The summed E-state index contributed by atoms with van der Waals surface area (Å²) in [5.41, 5.74) is 5.85. The highest BCUT2D eigenvalue weighted by Crippen LogP contribution is 2.16. The third-order valence-electron chi connectivity index (χ3n) is 1.16. The Kier molecular flexibility index (Phi) is 2.10. The summed E-state index contributed by atoms with van der Waals surface area (Å²) in [6, 6.07) is 4.51. The van der Waals surface area contributed by atoms with Gasteiger partial charge in [-0.25, -0.2) is 0 Å². The Bertz CT molecular complexity index is 239. The van der Waals surface area contributed by atoms with Crippen molar-refractivity contribution in [3.63, 3.8) is 0 Å². The molecule has 54 valence electrons. The Hall–Kier alpha value is -0.790. The highest BCUT2D eigenvalue weighted by molar-refractivity contribution is 7.41. The predicted molar refractivity (Wildman–Crippen MR) is 42.7 cm³/mol. The van der Waals surface area contributed by atoms with E-state index >= 15 is 0 Å². The van der Waals surface area contributed by atoms with Gasteiger partial charge in [0.2, 0.25) is 0 Å². The first-order valence-corrected chi connectivity index (χ1v) is 3.67. The van der Waals surface area contributed by atoms with Crippen molar-refractivity contribution in [3.05, 3.63) is 18.2 Å². The number of hydrogen-bond donors (Lipinski definition) is 3. The number of rotatable bonds is 1. The summed E-state index contributed by atoms with van der Waals surface area (Å²) in [5.74, 6) is 0.125. The number of aromatic hydroxyl groups is 1. The van der Waals surface area contributed by atoms with Gasteiger partial charge in [-0.1, -0.05) is 0 Å². The Morgan fingerprint density at radius 3 is 2.60 bits per heavy atom. The predicted octanol–water partition coefficient (Wildman–Crippen LogP) is 0.185. The largest absolute Gasteiger partial charge is 0.508 e. The average Bonchev–Trinajstić information content (AvgIpc) is 1.88. The van der Waals surface area contributed by atoms with Gasteiger partial charge < -0.3 is 15.7 Å². The number of nitrogens with two attached hydrogens (primary N) is 1. The minimum absolute atomic E-state index is 0.125. The van der Waals surface area contributed by atoms with Crippen molar-refractivity contribution in [2.24, 2.45) is 0 Å². The molecule has 0 saturated heterocycles. The van der Waals surface area contributed by atoms with Crippen molar-refractivity contribution < 1.29 is 10.00 Å². The maximum atomic E-state index is 8.87. The monoisotopic (exact) mass is 157 g/mol. The van der Waals surface area contributed by atoms with E-state index in [1.807, 2.05) is 0 Å². The molecule has 4 heteroatoms. The third kappa shape index (κ3) is 1.38. The lowest BCUT2D eigenvalue weighted by molar-refractivity contribution is 0.476. The van der Waals surface area contributed by atoms with Gasteiger partial charge in [0.25, 0.3) is 0 Å². The van der Waals surface area contributed by atoms with Crippen LogP contribution in [-0.4, -0.2) is 10.00 Å². The van der Waals surface area contributed by atoms with Gasteiger partial charge in [-0.05, 0) is 12.1 Å². The number of anilines is 1. The van der Waals surface area contributed by atoms with Crippen molar-refractivity contribution >= 4 is 19.8 Å². The summed E-state index contributed by atoms with van der Waals surface area (Å²) in [6.07, 6.45) is 0. The zero-order valence-corrected chi connectivity index (χ0v) is 6.20. The lowest BCUT2D eigenvalue weighted by Gasteiger charge is -2.00. The molecule has 1 unspecified atom stereocenters. The minimum Gasteiger partial charge on any atom is -0.508 e. The van der Waals surface area contributed by atoms with Gasteiger partial charge in [0.15, 0.2) is 0 Å². The highest BCUT2D eigenvalue weighted by atomic mass is 31.1. The molecule has 0 bridgehead atoms. The van der Waals surface area contributed by atoms with Crippen molar-refractivity contribution in [1.82, 2.24) is 0 Å². The summed E-state index contributed by atoms with van der Waals surface area (Å²) in [5, 5.41) is 9.54. The molecule has 0 aliphatic carbocycles. The first-order valence-electron chi connectivity index (χ1n) is 2.72. The molecular weight excluding hydrogens is 149 g/mol. The van der Waals surface area contributed by atoms with Crippen LogP contribution in [0.1, 0.15) is 0 Å². The van der Waals surface area contributed by atoms with E-state index in [2.05, 4.69) is 0 Å². The van der Waals surface area contributed by atoms with Gasteiger partial charge in [0, 0.05) is 25.9 Å². The number of nitrogen functional groups attached to an aromatic ring is 1. The number of phenolic OH excluding ortho intramolecular Hbond substituents is 1. The van der Waals surface area contributed by atoms with Crippen LogP contribution in [0.2, 0.25) is 0 Å². The van der Waals surface area contributed by atoms with E-state index in [1.165, 1.54) is 12.1 Å². The number of benzene rings is 1. The summed E-state index contributed by atoms with van der Waals surface area (Å²) in [4.78, 5) is 8.68. The normalized spacial score (nSPS) is 10.9. The zero-order chi connectivity index (χ0) is 7.56. The Labute approximate surface area is 60.4 Å². The lowest BCUT2D eigenvalue weighted by Crippen LogP contribution is -2.01. The summed E-state index contributed by atoms with van der Waals surface area (Å²) >= 11 is 0. The zero-order valence-electron chi connectivity index (χ0n) is 5.20. The fraction of sp³-hybridized carbons (Fsp3) is 0. The van der Waals surface area contributed by atoms with Crippen molar-refractivity contribution in [3.8, 4) is 5.75 Å². The molecule has 0 fully saturated rings. The molecule has 0 saturated carbocycles. The molecule has 10 heavy (non-hydrogen) atoms. The van der Waals surface area contributed by atoms with Gasteiger partial charge >= 0.3 is 0 Å². The minimum atomic E-state index is -0.311. The average molecular weight is 157 g/mol. The molecule has 1 rings (SSSR count).